The van der Waals surface area contributed by atoms with Crippen LogP contribution in [0.5, 0.6) is 0 Å². The van der Waals surface area contributed by atoms with E-state index in [1.165, 1.54) is 11.1 Å². The molecule has 4 rings (SSSR count). The standard InChI is InChI=1S/C24H22F3N3O2/c1-14(31)13-30(24(32)18-3-2-4-21-17(18)6-8-28-21)22-12-15(5-7-29-22)9-16-10-19(25)23(27)20(26)11-16/h2-5,7,10-12,14,28,31H,6,8-9,13H2,1H3/t14-/m1/s1. The highest BCUT2D eigenvalue weighted by Crippen LogP contribution is 2.28. The van der Waals surface area contributed by atoms with E-state index in [-0.39, 0.29) is 24.4 Å². The first kappa shape index (κ1) is 21.8. The maximum Gasteiger partial charge on any atom is 0.259 e. The lowest BCUT2D eigenvalue weighted by atomic mass is 10.0. The fourth-order valence-electron chi connectivity index (χ4n) is 3.90. The fraction of sp³-hybridized carbons (Fsp3) is 0.250. The van der Waals surface area contributed by atoms with Gasteiger partial charge in [0.2, 0.25) is 0 Å². The average Bonchev–Trinajstić information content (AvgIpc) is 3.24. The Morgan fingerprint density at radius 1 is 1.16 bits per heavy atom. The molecule has 1 aromatic heterocycles. The zero-order chi connectivity index (χ0) is 22.8. The molecule has 0 spiro atoms. The van der Waals surface area contributed by atoms with Crippen molar-refractivity contribution in [3.63, 3.8) is 0 Å². The Labute approximate surface area is 183 Å². The van der Waals surface area contributed by atoms with Crippen molar-refractivity contribution in [1.82, 2.24) is 4.98 Å². The first-order chi connectivity index (χ1) is 15.3. The Bertz CT molecular complexity index is 1140. The van der Waals surface area contributed by atoms with Gasteiger partial charge in [-0.05, 0) is 72.9 Å². The van der Waals surface area contributed by atoms with Gasteiger partial charge in [-0.15, -0.1) is 0 Å². The molecule has 1 amide bonds. The number of rotatable bonds is 6. The monoisotopic (exact) mass is 441 g/mol. The zero-order valence-corrected chi connectivity index (χ0v) is 17.4. The van der Waals surface area contributed by atoms with Gasteiger partial charge in [-0.1, -0.05) is 6.07 Å². The highest BCUT2D eigenvalue weighted by molar-refractivity contribution is 6.07. The summed E-state index contributed by atoms with van der Waals surface area (Å²) in [6.45, 7) is 2.34. The summed E-state index contributed by atoms with van der Waals surface area (Å²) in [6.07, 6.45) is 1.51. The summed E-state index contributed by atoms with van der Waals surface area (Å²) in [5.74, 6) is -4.02. The SMILES string of the molecule is C[C@@H](O)CN(C(=O)c1cccc2c1CCN2)c1cc(Cc2cc(F)c(F)c(F)c2)ccn1. The van der Waals surface area contributed by atoms with Crippen LogP contribution >= 0.6 is 0 Å². The van der Waals surface area contributed by atoms with Crippen molar-refractivity contribution >= 4 is 17.4 Å². The number of nitrogens with one attached hydrogen (secondary N) is 1. The maximum atomic E-state index is 13.6. The molecule has 8 heteroatoms. The van der Waals surface area contributed by atoms with E-state index in [0.29, 0.717) is 16.9 Å². The van der Waals surface area contributed by atoms with Gasteiger partial charge in [0, 0.05) is 24.0 Å². The first-order valence-electron chi connectivity index (χ1n) is 10.3. The number of amides is 1. The number of aliphatic hydroxyl groups excluding tert-OH is 1. The molecular formula is C24H22F3N3O2. The topological polar surface area (TPSA) is 65.5 Å². The largest absolute Gasteiger partial charge is 0.392 e. The highest BCUT2D eigenvalue weighted by Gasteiger charge is 2.25. The second kappa shape index (κ2) is 9.00. The third-order valence-electron chi connectivity index (χ3n) is 5.33. The van der Waals surface area contributed by atoms with Gasteiger partial charge >= 0.3 is 0 Å². The number of nitrogens with zero attached hydrogens (tertiary/aromatic N) is 2. The summed E-state index contributed by atoms with van der Waals surface area (Å²) < 4.78 is 40.4. The number of carbonyl (C=O) groups excluding carboxylic acids is 1. The van der Waals surface area contributed by atoms with Crippen molar-refractivity contribution in [3.8, 4) is 0 Å². The molecule has 0 saturated carbocycles. The minimum Gasteiger partial charge on any atom is -0.392 e. The van der Waals surface area contributed by atoms with Crippen LogP contribution in [0.25, 0.3) is 0 Å². The molecule has 166 valence electrons. The second-order valence-corrected chi connectivity index (χ2v) is 7.85. The first-order valence-corrected chi connectivity index (χ1v) is 10.3. The molecule has 1 aliphatic heterocycles. The van der Waals surface area contributed by atoms with Gasteiger partial charge in [-0.3, -0.25) is 9.69 Å². The predicted molar refractivity (Wildman–Crippen MR) is 115 cm³/mol. The van der Waals surface area contributed by atoms with E-state index in [1.54, 1.807) is 31.2 Å². The third-order valence-corrected chi connectivity index (χ3v) is 5.33. The van der Waals surface area contributed by atoms with Gasteiger partial charge in [-0.2, -0.15) is 0 Å². The molecule has 2 heterocycles. The molecule has 0 saturated heterocycles. The number of anilines is 2. The molecule has 0 aliphatic carbocycles. The van der Waals surface area contributed by atoms with Gasteiger partial charge in [0.05, 0.1) is 12.6 Å². The quantitative estimate of drug-likeness (QED) is 0.566. The summed E-state index contributed by atoms with van der Waals surface area (Å²) in [5.41, 5.74) is 3.24. The lowest BCUT2D eigenvalue weighted by Crippen LogP contribution is -2.37. The molecule has 3 aromatic rings. The van der Waals surface area contributed by atoms with Gasteiger partial charge in [0.15, 0.2) is 17.5 Å². The summed E-state index contributed by atoms with van der Waals surface area (Å²) in [5, 5.41) is 13.3. The van der Waals surface area contributed by atoms with Crippen LogP contribution in [0.3, 0.4) is 0 Å². The molecule has 1 atom stereocenters. The summed E-state index contributed by atoms with van der Waals surface area (Å²) in [6, 6.07) is 10.6. The van der Waals surface area contributed by atoms with Crippen molar-refractivity contribution < 1.29 is 23.1 Å². The van der Waals surface area contributed by atoms with Crippen molar-refractivity contribution in [3.05, 3.63) is 88.4 Å². The maximum absolute atomic E-state index is 13.6. The number of pyridine rings is 1. The number of carbonyl (C=O) groups is 1. The number of hydrogen-bond acceptors (Lipinski definition) is 4. The minimum atomic E-state index is -1.51. The molecule has 0 unspecified atom stereocenters. The molecular weight excluding hydrogens is 419 g/mol. The van der Waals surface area contributed by atoms with Crippen molar-refractivity contribution in [2.24, 2.45) is 0 Å². The molecule has 2 aromatic carbocycles. The molecule has 2 N–H and O–H groups in total. The van der Waals surface area contributed by atoms with Gasteiger partial charge < -0.3 is 10.4 Å². The summed E-state index contributed by atoms with van der Waals surface area (Å²) in [7, 11) is 0. The van der Waals surface area contributed by atoms with E-state index in [0.717, 1.165) is 36.3 Å². The number of fused-ring (bicyclic) bond motifs is 1. The average molecular weight is 441 g/mol. The van der Waals surface area contributed by atoms with Crippen molar-refractivity contribution in [2.75, 3.05) is 23.3 Å². The molecule has 32 heavy (non-hydrogen) atoms. The number of benzene rings is 2. The Morgan fingerprint density at radius 2 is 1.91 bits per heavy atom. The fourth-order valence-corrected chi connectivity index (χ4v) is 3.90. The Morgan fingerprint density at radius 3 is 2.62 bits per heavy atom. The van der Waals surface area contributed by atoms with Gasteiger partial charge in [-0.25, -0.2) is 18.2 Å². The highest BCUT2D eigenvalue weighted by atomic mass is 19.2. The number of aromatic nitrogens is 1. The van der Waals surface area contributed by atoms with E-state index in [1.807, 2.05) is 6.07 Å². The lowest BCUT2D eigenvalue weighted by molar-refractivity contribution is 0.0965. The van der Waals surface area contributed by atoms with E-state index >= 15 is 0 Å². The van der Waals surface area contributed by atoms with Crippen molar-refractivity contribution in [2.45, 2.75) is 25.9 Å². The Balaban J connectivity index is 1.66. The number of halogens is 3. The molecule has 0 fully saturated rings. The van der Waals surface area contributed by atoms with Crippen LogP contribution in [0.2, 0.25) is 0 Å². The summed E-state index contributed by atoms with van der Waals surface area (Å²) in [4.78, 5) is 19.1. The minimum absolute atomic E-state index is 0.0200. The van der Waals surface area contributed by atoms with E-state index < -0.39 is 23.6 Å². The second-order valence-electron chi connectivity index (χ2n) is 7.85. The van der Waals surface area contributed by atoms with E-state index in [4.69, 9.17) is 0 Å². The summed E-state index contributed by atoms with van der Waals surface area (Å²) >= 11 is 0. The van der Waals surface area contributed by atoms with Crippen LogP contribution in [0.1, 0.15) is 34.0 Å². The lowest BCUT2D eigenvalue weighted by Gasteiger charge is -2.24. The van der Waals surface area contributed by atoms with Crippen LogP contribution < -0.4 is 10.2 Å². The van der Waals surface area contributed by atoms with Crippen LogP contribution in [-0.4, -0.2) is 35.2 Å². The van der Waals surface area contributed by atoms with E-state index in [2.05, 4.69) is 10.3 Å². The van der Waals surface area contributed by atoms with Crippen LogP contribution in [0.4, 0.5) is 24.7 Å². The molecule has 5 nitrogen and oxygen atoms in total. The molecule has 0 radical (unpaired) electrons. The van der Waals surface area contributed by atoms with Crippen molar-refractivity contribution in [1.29, 1.82) is 0 Å². The number of hydrogen-bond donors (Lipinski definition) is 2. The van der Waals surface area contributed by atoms with Crippen LogP contribution in [0, 0.1) is 17.5 Å². The van der Waals surface area contributed by atoms with Gasteiger partial charge in [0.25, 0.3) is 5.91 Å². The predicted octanol–water partition coefficient (Wildman–Crippen LogP) is 4.09. The number of aliphatic hydroxyl groups is 1. The van der Waals surface area contributed by atoms with Crippen LogP contribution in [-0.2, 0) is 12.8 Å². The zero-order valence-electron chi connectivity index (χ0n) is 17.4. The Kier molecular flexibility index (Phi) is 6.14. The Hall–Kier alpha value is -3.39. The molecule has 0 bridgehead atoms. The molecule has 1 aliphatic rings. The smallest absolute Gasteiger partial charge is 0.259 e. The normalized spacial score (nSPS) is 13.4. The third kappa shape index (κ3) is 4.45. The van der Waals surface area contributed by atoms with E-state index in [9.17, 15) is 23.1 Å². The van der Waals surface area contributed by atoms with Gasteiger partial charge in [0.1, 0.15) is 5.82 Å². The van der Waals surface area contributed by atoms with Crippen LogP contribution in [0.15, 0.2) is 48.7 Å².